The summed E-state index contributed by atoms with van der Waals surface area (Å²) in [6.07, 6.45) is 12.3. The van der Waals surface area contributed by atoms with Crippen molar-refractivity contribution in [1.29, 1.82) is 5.26 Å². The first-order valence-corrected chi connectivity index (χ1v) is 54.4. The maximum Gasteiger partial charge on any atom is 0 e. The third-order valence-electron chi connectivity index (χ3n) is 20.6. The summed E-state index contributed by atoms with van der Waals surface area (Å²) < 4.78 is 12.7. The number of rotatable bonds is 11. The van der Waals surface area contributed by atoms with Gasteiger partial charge in [-0.3, -0.25) is 9.97 Å². The van der Waals surface area contributed by atoms with Crippen LogP contribution in [-0.4, -0.2) is 55.6 Å². The van der Waals surface area contributed by atoms with Crippen LogP contribution in [0.3, 0.4) is 0 Å². The molecule has 16 aromatic rings. The van der Waals surface area contributed by atoms with Crippen LogP contribution < -0.4 is 8.79 Å². The summed E-state index contributed by atoms with van der Waals surface area (Å²) in [5.41, 5.74) is 19.2. The predicted octanol–water partition coefficient (Wildman–Crippen LogP) is 25.6. The van der Waals surface area contributed by atoms with Crippen molar-refractivity contribution in [2.45, 2.75) is 145 Å². The number of nitrogens with zero attached hydrogens (tertiary/aromatic N) is 7. The molecule has 0 amide bonds. The molecular weight excluding hydrogens is 1860 g/mol. The molecule has 560 valence electrons. The molecule has 1 fully saturated rings. The van der Waals surface area contributed by atoms with E-state index in [0.717, 1.165) is 91.1 Å². The second-order valence-electron chi connectivity index (χ2n) is 33.3. The summed E-state index contributed by atoms with van der Waals surface area (Å²) in [5.74, 6) is 17.9. The minimum Gasteiger partial charge on any atom is 0 e. The van der Waals surface area contributed by atoms with Gasteiger partial charge < -0.3 is 9.13 Å². The third kappa shape index (κ3) is 18.1. The van der Waals surface area contributed by atoms with E-state index in [2.05, 4.69) is 329 Å². The molecule has 1 aliphatic carbocycles. The fourth-order valence-electron chi connectivity index (χ4n) is 14.9. The SMILES string of the molecule is CC(C)(C)c1ccc(-n2c(-c3[c-]cc4c(c3)sc3ccccc34)nc3ccccc32)cc1.CC(C)(C)c1ccc(-n2c(-c3[c-]cc4c(c3)sc3ccccc34)nc3ccccc32)cc1.CC(C)Cc1cc(-c2[c-]cc(C#N)cc2)nc[c]1[Ge]([CH3])([CH3])[CH3].[CH3][Ge]([CH3])([CH3])[c]1cnc(-c2[c-]cccc2)cc1C1CCCCC1.[Ir].[Ir]. The van der Waals surface area contributed by atoms with E-state index in [9.17, 15) is 0 Å². The molecule has 0 bridgehead atoms. The van der Waals surface area contributed by atoms with Crippen LogP contribution >= 0.6 is 22.7 Å². The molecule has 2 radical (unpaired) electrons. The van der Waals surface area contributed by atoms with Crippen molar-refractivity contribution in [3.8, 4) is 62.7 Å². The molecule has 10 aromatic carbocycles. The standard InChI is InChI=1S/2C29H23N2S.C20H26GeN.C19H23GeN2.2Ir/c2*1-29(2,3)20-13-15-21(16-14-20)31-25-10-6-5-9-24(25)30-28(31)19-12-17-23-22-8-4-7-11-26(22)32-27(23)18-19;1-21(2,3)19-15-22-20(17-12-8-5-9-13-17)14-18(19)16-10-6-4-7-11-16;1-14(2)10-17-11-19(22-13-18(17)20(3,4)5)16-8-6-15(12-21)7-9-16;;/h2*4-11,13-18H,1-3H3;5,8-9,12,14-16H,4,6-7,10-11H2,1-3H3;6-8,11,13-14H,10H2,1-5H3;;/q4*-1;;. The van der Waals surface area contributed by atoms with Gasteiger partial charge >= 0.3 is 274 Å². The van der Waals surface area contributed by atoms with E-state index >= 15 is 0 Å². The Hall–Kier alpha value is -8.25. The van der Waals surface area contributed by atoms with Gasteiger partial charge in [-0.05, 0) is 103 Å². The van der Waals surface area contributed by atoms with Crippen molar-refractivity contribution >= 4 is 120 Å². The van der Waals surface area contributed by atoms with Crippen molar-refractivity contribution in [3.05, 3.63) is 289 Å². The minimum atomic E-state index is -1.92. The van der Waals surface area contributed by atoms with Crippen molar-refractivity contribution in [2.75, 3.05) is 0 Å². The van der Waals surface area contributed by atoms with E-state index in [0.29, 0.717) is 11.5 Å². The number of thiophene rings is 2. The average molecular weight is 1950 g/mol. The molecule has 6 aromatic heterocycles. The predicted molar refractivity (Wildman–Crippen MR) is 466 cm³/mol. The van der Waals surface area contributed by atoms with E-state index in [1.165, 1.54) is 93.5 Å². The molecule has 110 heavy (non-hydrogen) atoms. The first-order valence-electron chi connectivity index (χ1n) is 38.1. The van der Waals surface area contributed by atoms with Gasteiger partial charge in [0.05, 0.1) is 33.7 Å². The van der Waals surface area contributed by atoms with E-state index in [4.69, 9.17) is 20.2 Å². The van der Waals surface area contributed by atoms with Crippen LogP contribution in [0.2, 0.25) is 34.5 Å². The van der Waals surface area contributed by atoms with Crippen LogP contribution in [0.1, 0.15) is 121 Å². The Balaban J connectivity index is 0.000000138. The number of fused-ring (bicyclic) bond motifs is 8. The van der Waals surface area contributed by atoms with E-state index in [1.807, 2.05) is 59.1 Å². The largest absolute Gasteiger partial charge is 0 e. The number of hydrogen-bond donors (Lipinski definition) is 0. The molecule has 0 spiro atoms. The van der Waals surface area contributed by atoms with Crippen LogP contribution in [0.25, 0.3) is 119 Å². The molecule has 1 aliphatic rings. The van der Waals surface area contributed by atoms with Gasteiger partial charge in [-0.15, -0.1) is 47.5 Å². The molecule has 13 heteroatoms. The molecule has 0 unspecified atom stereocenters. The summed E-state index contributed by atoms with van der Waals surface area (Å²) in [5, 5.41) is 14.0. The molecule has 0 N–H and O–H groups in total. The van der Waals surface area contributed by atoms with Crippen molar-refractivity contribution in [3.63, 3.8) is 0 Å². The van der Waals surface area contributed by atoms with Gasteiger partial charge in [0, 0.05) is 61.0 Å². The van der Waals surface area contributed by atoms with Crippen LogP contribution in [-0.2, 0) is 57.5 Å². The van der Waals surface area contributed by atoms with E-state index < -0.39 is 26.5 Å². The van der Waals surface area contributed by atoms with Crippen LogP contribution in [0.5, 0.6) is 0 Å². The van der Waals surface area contributed by atoms with Gasteiger partial charge in [0.2, 0.25) is 0 Å². The zero-order valence-electron chi connectivity index (χ0n) is 65.5. The molecule has 17 rings (SSSR count). The Morgan fingerprint density at radius 2 is 0.927 bits per heavy atom. The summed E-state index contributed by atoms with van der Waals surface area (Å²) >= 11 is -0.153. The summed E-state index contributed by atoms with van der Waals surface area (Å²) in [7, 11) is 0. The Kier molecular flexibility index (Phi) is 25.4. The molecule has 0 atom stereocenters. The number of aromatic nitrogens is 6. The number of nitriles is 1. The second-order valence-corrected chi connectivity index (χ2v) is 56.6. The zero-order valence-corrected chi connectivity index (χ0v) is 76.1. The molecule has 7 nitrogen and oxygen atoms in total. The van der Waals surface area contributed by atoms with E-state index in [-0.39, 0.29) is 51.0 Å². The van der Waals surface area contributed by atoms with Gasteiger partial charge in [-0.1, -0.05) is 137 Å². The van der Waals surface area contributed by atoms with Crippen LogP contribution in [0.15, 0.2) is 237 Å². The number of para-hydroxylation sites is 4. The first kappa shape index (κ1) is 81.2. The number of imidazole rings is 2. The fourth-order valence-corrected chi connectivity index (χ4v) is 23.8. The average Bonchev–Trinajstić information content (AvgIpc) is 1.58. The Labute approximate surface area is 691 Å². The zero-order chi connectivity index (χ0) is 75.7. The molecule has 0 aliphatic heterocycles. The smallest absolute Gasteiger partial charge is 0 e. The van der Waals surface area contributed by atoms with Gasteiger partial charge in [-0.25, -0.2) is 0 Å². The number of pyridine rings is 2. The normalized spacial score (nSPS) is 12.7. The third-order valence-corrected chi connectivity index (χ3v) is 31.5. The topological polar surface area (TPSA) is 85.2 Å². The Bertz CT molecular complexity index is 5670. The van der Waals surface area contributed by atoms with Gasteiger partial charge in [-0.2, -0.15) is 22.7 Å². The molecule has 6 heterocycles. The quantitative estimate of drug-likeness (QED) is 0.0951. The first-order chi connectivity index (χ1) is 51.8. The maximum atomic E-state index is 8.89. The fraction of sp³-hybridized carbons (Fsp3) is 0.247. The Morgan fingerprint density at radius 1 is 0.473 bits per heavy atom. The summed E-state index contributed by atoms with van der Waals surface area (Å²) in [6, 6.07) is 94.3. The van der Waals surface area contributed by atoms with Crippen molar-refractivity contribution < 1.29 is 40.2 Å². The summed E-state index contributed by atoms with van der Waals surface area (Å²) in [6.45, 7) is 18.0. The molecule has 0 saturated heterocycles. The maximum absolute atomic E-state index is 8.89. The van der Waals surface area contributed by atoms with Gasteiger partial charge in [0.15, 0.2) is 0 Å². The van der Waals surface area contributed by atoms with Crippen molar-refractivity contribution in [1.82, 2.24) is 29.1 Å². The second kappa shape index (κ2) is 34.4. The van der Waals surface area contributed by atoms with Crippen LogP contribution in [0, 0.1) is 41.5 Å². The monoisotopic (exact) mass is 1960 g/mol. The molecule has 1 saturated carbocycles. The summed E-state index contributed by atoms with van der Waals surface area (Å²) in [4.78, 5) is 19.5. The number of benzene rings is 10. The van der Waals surface area contributed by atoms with Crippen LogP contribution in [0.4, 0.5) is 0 Å². The van der Waals surface area contributed by atoms with Crippen molar-refractivity contribution in [2.24, 2.45) is 5.92 Å². The van der Waals surface area contributed by atoms with Gasteiger partial charge in [0.1, 0.15) is 0 Å². The van der Waals surface area contributed by atoms with Gasteiger partial charge in [0.25, 0.3) is 0 Å². The van der Waals surface area contributed by atoms with E-state index in [1.54, 1.807) is 16.0 Å². The Morgan fingerprint density at radius 3 is 1.38 bits per heavy atom. The number of hydrogen-bond acceptors (Lipinski definition) is 7. The minimum absolute atomic E-state index is 0. The molecular formula is C97H95Ge2Ir2N7S2-4.